The van der Waals surface area contributed by atoms with Crippen LogP contribution in [0, 0.1) is 25.2 Å². The van der Waals surface area contributed by atoms with Gasteiger partial charge in [0.2, 0.25) is 0 Å². The number of aromatic nitrogens is 1. The maximum absolute atomic E-state index is 8.41. The predicted octanol–water partition coefficient (Wildman–Crippen LogP) is 3.72. The third kappa shape index (κ3) is 5.63. The highest BCUT2D eigenvalue weighted by molar-refractivity contribution is 5.97. The molecule has 0 saturated carbocycles. The molecule has 2 rings (SSSR count). The van der Waals surface area contributed by atoms with Crippen LogP contribution in [-0.2, 0) is 0 Å². The van der Waals surface area contributed by atoms with Crippen LogP contribution in [0.15, 0.2) is 57.8 Å². The molecule has 112 valence electrons. The molecule has 0 spiro atoms. The van der Waals surface area contributed by atoms with Crippen LogP contribution in [0.1, 0.15) is 22.4 Å². The second-order valence-electron chi connectivity index (χ2n) is 4.55. The van der Waals surface area contributed by atoms with Crippen LogP contribution in [-0.4, -0.2) is 24.9 Å². The van der Waals surface area contributed by atoms with Crippen LogP contribution in [0.4, 0.5) is 0 Å². The van der Waals surface area contributed by atoms with Crippen LogP contribution >= 0.6 is 0 Å². The largest absolute Gasteiger partial charge is 0.267 e. The van der Waals surface area contributed by atoms with Gasteiger partial charge in [0.25, 0.3) is 0 Å². The van der Waals surface area contributed by atoms with Crippen LogP contribution in [0.3, 0.4) is 0 Å². The SMILES string of the molecule is CN=NC(=NC)c1ccc(C)cn1.Cc1cccc(C#N)c1. The van der Waals surface area contributed by atoms with E-state index in [-0.39, 0.29) is 0 Å². The first-order valence-electron chi connectivity index (χ1n) is 6.77. The zero-order valence-electron chi connectivity index (χ0n) is 13.3. The van der Waals surface area contributed by atoms with Gasteiger partial charge < -0.3 is 0 Å². The Labute approximate surface area is 131 Å². The number of hydrogen-bond acceptors (Lipinski definition) is 4. The van der Waals surface area contributed by atoms with Crippen molar-refractivity contribution in [1.82, 2.24) is 4.98 Å². The van der Waals surface area contributed by atoms with E-state index in [9.17, 15) is 0 Å². The summed E-state index contributed by atoms with van der Waals surface area (Å²) < 4.78 is 0. The smallest absolute Gasteiger partial charge is 0.195 e. The van der Waals surface area contributed by atoms with E-state index < -0.39 is 0 Å². The molecule has 0 unspecified atom stereocenters. The van der Waals surface area contributed by atoms with Gasteiger partial charge in [-0.1, -0.05) is 18.2 Å². The molecule has 0 aliphatic rings. The lowest BCUT2D eigenvalue weighted by atomic mass is 10.2. The van der Waals surface area contributed by atoms with Gasteiger partial charge >= 0.3 is 0 Å². The summed E-state index contributed by atoms with van der Waals surface area (Å²) in [7, 11) is 3.28. The zero-order chi connectivity index (χ0) is 16.4. The predicted molar refractivity (Wildman–Crippen MR) is 88.1 cm³/mol. The summed E-state index contributed by atoms with van der Waals surface area (Å²) in [5.74, 6) is 0.558. The minimum atomic E-state index is 0.558. The van der Waals surface area contributed by atoms with Crippen LogP contribution in [0.2, 0.25) is 0 Å². The molecule has 1 aromatic heterocycles. The van der Waals surface area contributed by atoms with Gasteiger partial charge in [0.05, 0.1) is 11.6 Å². The van der Waals surface area contributed by atoms with Crippen molar-refractivity contribution in [3.63, 3.8) is 0 Å². The Morgan fingerprint density at radius 2 is 1.86 bits per heavy atom. The number of rotatable bonds is 1. The van der Waals surface area contributed by atoms with E-state index in [1.807, 2.05) is 44.2 Å². The second kappa shape index (κ2) is 9.14. The van der Waals surface area contributed by atoms with Gasteiger partial charge in [0.15, 0.2) is 5.84 Å². The Morgan fingerprint density at radius 3 is 2.32 bits per heavy atom. The molecule has 5 heteroatoms. The van der Waals surface area contributed by atoms with E-state index in [2.05, 4.69) is 26.3 Å². The molecular formula is C17H19N5. The fourth-order valence-corrected chi connectivity index (χ4v) is 1.62. The van der Waals surface area contributed by atoms with E-state index >= 15 is 0 Å². The third-order valence-corrected chi connectivity index (χ3v) is 2.69. The summed E-state index contributed by atoms with van der Waals surface area (Å²) in [6, 6.07) is 13.4. The van der Waals surface area contributed by atoms with Crippen LogP contribution < -0.4 is 0 Å². The molecule has 5 nitrogen and oxygen atoms in total. The minimum Gasteiger partial charge on any atom is -0.267 e. The molecule has 1 aromatic carbocycles. The molecule has 0 aliphatic carbocycles. The lowest BCUT2D eigenvalue weighted by molar-refractivity contribution is 1.15. The van der Waals surface area contributed by atoms with Gasteiger partial charge in [-0.2, -0.15) is 10.4 Å². The van der Waals surface area contributed by atoms with Crippen molar-refractivity contribution in [1.29, 1.82) is 5.26 Å². The van der Waals surface area contributed by atoms with Crippen LogP contribution in [0.5, 0.6) is 0 Å². The Kier molecular flexibility index (Phi) is 7.14. The van der Waals surface area contributed by atoms with E-state index in [4.69, 9.17) is 5.26 Å². The topological polar surface area (TPSA) is 73.8 Å². The first-order valence-corrected chi connectivity index (χ1v) is 6.77. The van der Waals surface area contributed by atoms with E-state index in [0.717, 1.165) is 22.4 Å². The summed E-state index contributed by atoms with van der Waals surface area (Å²) in [5, 5.41) is 15.9. The van der Waals surface area contributed by atoms with Gasteiger partial charge in [-0.3, -0.25) is 9.98 Å². The molecule has 0 saturated heterocycles. The number of aliphatic imine (C=N–C) groups is 1. The highest BCUT2D eigenvalue weighted by Gasteiger charge is 2.00. The first-order chi connectivity index (χ1) is 10.6. The Balaban J connectivity index is 0.000000235. The van der Waals surface area contributed by atoms with E-state index in [1.165, 1.54) is 0 Å². The highest BCUT2D eigenvalue weighted by Crippen LogP contribution is 2.02. The zero-order valence-corrected chi connectivity index (χ0v) is 13.3. The lowest BCUT2D eigenvalue weighted by Gasteiger charge is -1.97. The molecule has 0 fully saturated rings. The lowest BCUT2D eigenvalue weighted by Crippen LogP contribution is -1.99. The van der Waals surface area contributed by atoms with Crippen molar-refractivity contribution in [3.05, 3.63) is 65.0 Å². The van der Waals surface area contributed by atoms with E-state index in [1.54, 1.807) is 26.4 Å². The van der Waals surface area contributed by atoms with Crippen LogP contribution in [0.25, 0.3) is 0 Å². The number of pyridine rings is 1. The van der Waals surface area contributed by atoms with Gasteiger partial charge in [-0.25, -0.2) is 0 Å². The monoisotopic (exact) mass is 293 g/mol. The average molecular weight is 293 g/mol. The van der Waals surface area contributed by atoms with Crippen molar-refractivity contribution < 1.29 is 0 Å². The first kappa shape index (κ1) is 17.2. The summed E-state index contributed by atoms with van der Waals surface area (Å²) in [4.78, 5) is 8.15. The molecule has 0 aliphatic heterocycles. The average Bonchev–Trinajstić information content (AvgIpc) is 2.54. The maximum atomic E-state index is 8.41. The summed E-state index contributed by atoms with van der Waals surface area (Å²) in [5.41, 5.74) is 3.73. The number of hydrogen-bond donors (Lipinski definition) is 0. The van der Waals surface area contributed by atoms with Crippen molar-refractivity contribution in [3.8, 4) is 6.07 Å². The number of nitrogens with zero attached hydrogens (tertiary/aromatic N) is 5. The molecule has 0 atom stereocenters. The minimum absolute atomic E-state index is 0.558. The summed E-state index contributed by atoms with van der Waals surface area (Å²) in [6.45, 7) is 3.96. The normalized spacial score (nSPS) is 10.8. The van der Waals surface area contributed by atoms with Crippen molar-refractivity contribution in [2.45, 2.75) is 13.8 Å². The van der Waals surface area contributed by atoms with Gasteiger partial charge in [-0.05, 0) is 43.2 Å². The number of nitriles is 1. The molecule has 2 aromatic rings. The Morgan fingerprint density at radius 1 is 1.09 bits per heavy atom. The third-order valence-electron chi connectivity index (χ3n) is 2.69. The Hall–Kier alpha value is -2.87. The van der Waals surface area contributed by atoms with E-state index in [0.29, 0.717) is 5.84 Å². The number of benzene rings is 1. The summed E-state index contributed by atoms with van der Waals surface area (Å²) >= 11 is 0. The quantitative estimate of drug-likeness (QED) is 0.456. The van der Waals surface area contributed by atoms with Gasteiger partial charge in [0, 0.05) is 20.3 Å². The van der Waals surface area contributed by atoms with Gasteiger partial charge in [0.1, 0.15) is 5.69 Å². The molecular weight excluding hydrogens is 274 g/mol. The maximum Gasteiger partial charge on any atom is 0.195 e. The molecule has 0 radical (unpaired) electrons. The standard InChI is InChI=1S/C9H12N4.C8H7N/c1-7-4-5-8(12-6-7)9(10-2)13-11-3;1-7-3-2-4-8(5-7)6-9/h4-6H,1-3H3;2-5H,1H3. The number of aryl methyl sites for hydroxylation is 2. The fraction of sp³-hybridized carbons (Fsp3) is 0.235. The second-order valence-corrected chi connectivity index (χ2v) is 4.55. The molecule has 0 amide bonds. The molecule has 1 heterocycles. The van der Waals surface area contributed by atoms with Crippen molar-refractivity contribution >= 4 is 5.84 Å². The van der Waals surface area contributed by atoms with Crippen molar-refractivity contribution in [2.75, 3.05) is 14.1 Å². The van der Waals surface area contributed by atoms with Gasteiger partial charge in [-0.15, -0.1) is 5.11 Å². The fourth-order valence-electron chi connectivity index (χ4n) is 1.62. The number of amidine groups is 1. The number of azo groups is 1. The molecule has 0 N–H and O–H groups in total. The van der Waals surface area contributed by atoms with Crippen molar-refractivity contribution in [2.24, 2.45) is 15.2 Å². The molecule has 22 heavy (non-hydrogen) atoms. The molecule has 0 bridgehead atoms. The Bertz CT molecular complexity index is 694. The highest BCUT2D eigenvalue weighted by atomic mass is 15.1. The summed E-state index contributed by atoms with van der Waals surface area (Å²) in [6.07, 6.45) is 1.78.